The molecule has 2 rings (SSSR count). The summed E-state index contributed by atoms with van der Waals surface area (Å²) < 4.78 is 71.0. The molecule has 2 aromatic rings. The van der Waals surface area contributed by atoms with Crippen LogP contribution in [-0.4, -0.2) is 25.6 Å². The van der Waals surface area contributed by atoms with E-state index in [2.05, 4.69) is 4.72 Å². The molecule has 0 atom stereocenters. The Balaban J connectivity index is 2.17. The molecule has 0 aliphatic heterocycles. The minimum Gasteiger partial charge on any atom is -0.464 e. The lowest BCUT2D eigenvalue weighted by Gasteiger charge is -2.14. The van der Waals surface area contributed by atoms with Gasteiger partial charge in [0.05, 0.1) is 17.9 Å². The van der Waals surface area contributed by atoms with Gasteiger partial charge in [-0.15, -0.1) is 0 Å². The number of hydrogen-bond acceptors (Lipinski definition) is 5. The number of carbonyl (C=O) groups excluding carboxylic acids is 1. The van der Waals surface area contributed by atoms with Crippen molar-refractivity contribution >= 4 is 21.7 Å². The fourth-order valence-electron chi connectivity index (χ4n) is 2.59. The molecule has 0 unspecified atom stereocenters. The Morgan fingerprint density at radius 3 is 2.29 bits per heavy atom. The predicted molar refractivity (Wildman–Crippen MR) is 109 cm³/mol. The van der Waals surface area contributed by atoms with Crippen LogP contribution in [-0.2, 0) is 38.0 Å². The van der Waals surface area contributed by atoms with Crippen molar-refractivity contribution in [3.63, 3.8) is 0 Å². The first-order chi connectivity index (χ1) is 14.3. The van der Waals surface area contributed by atoms with E-state index in [1.807, 2.05) is 13.8 Å². The first-order valence-electron chi connectivity index (χ1n) is 9.31. The number of hydrogen-bond donors (Lipinski definition) is 1. The van der Waals surface area contributed by atoms with Crippen molar-refractivity contribution in [3.05, 3.63) is 63.6 Å². The lowest BCUT2D eigenvalue weighted by molar-refractivity contribution is -0.145. The van der Waals surface area contributed by atoms with Crippen molar-refractivity contribution in [3.8, 4) is 0 Å². The normalized spacial score (nSPS) is 12.1. The summed E-state index contributed by atoms with van der Waals surface area (Å²) in [6.07, 6.45) is -4.53. The van der Waals surface area contributed by atoms with Crippen LogP contribution in [0.4, 0.5) is 18.9 Å². The number of aromatic nitrogens is 1. The second-order valence-corrected chi connectivity index (χ2v) is 9.13. The average molecular weight is 460 g/mol. The van der Waals surface area contributed by atoms with E-state index in [0.717, 1.165) is 28.8 Å². The molecule has 0 fully saturated rings. The Labute approximate surface area is 177 Å². The summed E-state index contributed by atoms with van der Waals surface area (Å²) in [5.41, 5.74) is -1.37. The lowest BCUT2D eigenvalue weighted by atomic mass is 10.1. The molecule has 1 heterocycles. The molecule has 0 amide bonds. The first kappa shape index (κ1) is 24.4. The number of sulfonamides is 1. The topological polar surface area (TPSA) is 94.5 Å². The van der Waals surface area contributed by atoms with Crippen molar-refractivity contribution in [1.82, 2.24) is 4.57 Å². The molecule has 0 saturated carbocycles. The molecule has 11 heteroatoms. The molecule has 0 aliphatic carbocycles. The molecular formula is C20H23F3N2O5S. The molecule has 0 bridgehead atoms. The van der Waals surface area contributed by atoms with Gasteiger partial charge in [-0.3, -0.25) is 18.9 Å². The zero-order chi connectivity index (χ0) is 23.4. The largest absolute Gasteiger partial charge is 0.464 e. The minimum absolute atomic E-state index is 0.116. The van der Waals surface area contributed by atoms with Gasteiger partial charge in [-0.05, 0) is 42.7 Å². The monoisotopic (exact) mass is 460 g/mol. The average Bonchev–Trinajstić information content (AvgIpc) is 2.65. The van der Waals surface area contributed by atoms with E-state index >= 15 is 0 Å². The number of anilines is 1. The molecule has 0 spiro atoms. The molecular weight excluding hydrogens is 437 g/mol. The van der Waals surface area contributed by atoms with E-state index in [9.17, 15) is 31.2 Å². The number of esters is 1. The van der Waals surface area contributed by atoms with Gasteiger partial charge in [0.1, 0.15) is 12.2 Å². The number of carbonyl (C=O) groups is 1. The second kappa shape index (κ2) is 9.54. The van der Waals surface area contributed by atoms with Crippen molar-refractivity contribution in [1.29, 1.82) is 0 Å². The Morgan fingerprint density at radius 2 is 1.74 bits per heavy atom. The number of benzene rings is 1. The van der Waals surface area contributed by atoms with Crippen LogP contribution in [0, 0.1) is 12.8 Å². The fourth-order valence-corrected chi connectivity index (χ4v) is 3.79. The first-order valence-corrected chi connectivity index (χ1v) is 11.0. The van der Waals surface area contributed by atoms with Gasteiger partial charge in [0, 0.05) is 5.69 Å². The van der Waals surface area contributed by atoms with Gasteiger partial charge >= 0.3 is 12.1 Å². The van der Waals surface area contributed by atoms with Gasteiger partial charge in [-0.25, -0.2) is 8.42 Å². The van der Waals surface area contributed by atoms with Crippen molar-refractivity contribution in [2.75, 3.05) is 11.3 Å². The summed E-state index contributed by atoms with van der Waals surface area (Å²) in [6, 6.07) is 6.41. The third kappa shape index (κ3) is 7.12. The summed E-state index contributed by atoms with van der Waals surface area (Å²) in [5.74, 6) is -1.15. The summed E-state index contributed by atoms with van der Waals surface area (Å²) >= 11 is 0. The Bertz CT molecular complexity index is 1090. The van der Waals surface area contributed by atoms with Crippen LogP contribution in [0.1, 0.15) is 30.7 Å². The molecule has 31 heavy (non-hydrogen) atoms. The van der Waals surface area contributed by atoms with E-state index in [1.165, 1.54) is 12.1 Å². The van der Waals surface area contributed by atoms with E-state index < -0.39 is 39.0 Å². The van der Waals surface area contributed by atoms with Gasteiger partial charge in [0.25, 0.3) is 5.56 Å². The third-order valence-electron chi connectivity index (χ3n) is 4.16. The highest BCUT2D eigenvalue weighted by Gasteiger charge is 2.30. The summed E-state index contributed by atoms with van der Waals surface area (Å²) in [7, 11) is -4.10. The van der Waals surface area contributed by atoms with Gasteiger partial charge in [0.15, 0.2) is 0 Å². The van der Waals surface area contributed by atoms with Crippen LogP contribution < -0.4 is 10.3 Å². The maximum Gasteiger partial charge on any atom is 0.416 e. The number of alkyl halides is 3. The minimum atomic E-state index is -4.53. The zero-order valence-corrected chi connectivity index (χ0v) is 18.0. The highest BCUT2D eigenvalue weighted by molar-refractivity contribution is 7.91. The van der Waals surface area contributed by atoms with Gasteiger partial charge < -0.3 is 4.74 Å². The number of halogens is 3. The van der Waals surface area contributed by atoms with Crippen LogP contribution in [0.25, 0.3) is 0 Å². The van der Waals surface area contributed by atoms with Crippen LogP contribution in [0.15, 0.2) is 41.2 Å². The number of aryl methyl sites for hydroxylation is 1. The Hall–Kier alpha value is -2.82. The van der Waals surface area contributed by atoms with E-state index in [1.54, 1.807) is 6.92 Å². The number of pyridine rings is 1. The molecule has 7 nitrogen and oxygen atoms in total. The summed E-state index contributed by atoms with van der Waals surface area (Å²) in [4.78, 5) is 24.6. The highest BCUT2D eigenvalue weighted by atomic mass is 32.2. The summed E-state index contributed by atoms with van der Waals surface area (Å²) in [6.45, 7) is 5.10. The van der Waals surface area contributed by atoms with E-state index in [4.69, 9.17) is 4.74 Å². The van der Waals surface area contributed by atoms with Crippen LogP contribution in [0.5, 0.6) is 0 Å². The summed E-state index contributed by atoms with van der Waals surface area (Å²) in [5, 5.41) is 0. The molecule has 0 aliphatic rings. The molecule has 1 aromatic heterocycles. The van der Waals surface area contributed by atoms with Crippen molar-refractivity contribution in [2.24, 2.45) is 5.92 Å². The quantitative estimate of drug-likeness (QED) is 0.610. The second-order valence-electron chi connectivity index (χ2n) is 7.41. The third-order valence-corrected chi connectivity index (χ3v) is 5.41. The lowest BCUT2D eigenvalue weighted by Crippen LogP contribution is -2.31. The highest BCUT2D eigenvalue weighted by Crippen LogP contribution is 2.29. The molecule has 0 saturated heterocycles. The number of rotatable bonds is 8. The fraction of sp³-hybridized carbons (Fsp3) is 0.400. The van der Waals surface area contributed by atoms with E-state index in [-0.39, 0.29) is 30.3 Å². The predicted octanol–water partition coefficient (Wildman–Crippen LogP) is 3.32. The zero-order valence-electron chi connectivity index (χ0n) is 17.2. The Kier molecular flexibility index (Phi) is 7.53. The standard InChI is InChI=1S/C20H23F3N2O5S/c1-13(2)11-30-18(26)10-25-14(3)4-9-17(19(25)27)24-31(28,29)12-15-5-7-16(8-6-15)20(21,22)23/h4-9,13,24H,10-12H2,1-3H3. The van der Waals surface area contributed by atoms with Crippen LogP contribution in [0.3, 0.4) is 0 Å². The molecule has 1 aromatic carbocycles. The Morgan fingerprint density at radius 1 is 1.13 bits per heavy atom. The van der Waals surface area contributed by atoms with E-state index in [0.29, 0.717) is 5.69 Å². The van der Waals surface area contributed by atoms with Crippen molar-refractivity contribution in [2.45, 2.75) is 39.2 Å². The van der Waals surface area contributed by atoms with Gasteiger partial charge in [-0.2, -0.15) is 13.2 Å². The number of nitrogens with one attached hydrogen (secondary N) is 1. The SMILES string of the molecule is Cc1ccc(NS(=O)(=O)Cc2ccc(C(F)(F)F)cc2)c(=O)n1CC(=O)OCC(C)C. The maximum absolute atomic E-state index is 12.7. The molecule has 170 valence electrons. The maximum atomic E-state index is 12.7. The van der Waals surface area contributed by atoms with Crippen LogP contribution in [0.2, 0.25) is 0 Å². The van der Waals surface area contributed by atoms with Crippen molar-refractivity contribution < 1.29 is 31.1 Å². The molecule has 1 N–H and O–H groups in total. The number of nitrogens with zero attached hydrogens (tertiary/aromatic N) is 1. The van der Waals surface area contributed by atoms with Gasteiger partial charge in [0.2, 0.25) is 10.0 Å². The number of ether oxygens (including phenoxy) is 1. The molecule has 0 radical (unpaired) electrons. The van der Waals surface area contributed by atoms with Gasteiger partial charge in [-0.1, -0.05) is 26.0 Å². The van der Waals surface area contributed by atoms with Crippen LogP contribution >= 0.6 is 0 Å². The smallest absolute Gasteiger partial charge is 0.416 e.